The number of benzene rings is 2. The fourth-order valence-electron chi connectivity index (χ4n) is 7.67. The molecule has 3 atom stereocenters. The summed E-state index contributed by atoms with van der Waals surface area (Å²) in [5, 5.41) is 25.0. The number of amides is 1. The monoisotopic (exact) mass is 847 g/mol. The third kappa shape index (κ3) is 7.45. The van der Waals surface area contributed by atoms with Crippen molar-refractivity contribution in [3.05, 3.63) is 82.3 Å². The number of nitrogens with zero attached hydrogens (tertiary/aromatic N) is 6. The van der Waals surface area contributed by atoms with Crippen molar-refractivity contribution in [2.75, 3.05) is 22.8 Å². The van der Waals surface area contributed by atoms with Crippen molar-refractivity contribution in [1.82, 2.24) is 34.8 Å². The van der Waals surface area contributed by atoms with Crippen molar-refractivity contribution >= 4 is 59.5 Å². The molecular weight excluding hydrogens is 813 g/mol. The van der Waals surface area contributed by atoms with Crippen molar-refractivity contribution in [2.45, 2.75) is 63.1 Å². The van der Waals surface area contributed by atoms with Crippen molar-refractivity contribution in [3.8, 4) is 11.1 Å². The zero-order valence-corrected chi connectivity index (χ0v) is 32.8. The Labute approximate surface area is 330 Å². The highest BCUT2D eigenvalue weighted by Gasteiger charge is 2.67. The number of halogens is 6. The van der Waals surface area contributed by atoms with Gasteiger partial charge in [0.1, 0.15) is 29.6 Å². The van der Waals surface area contributed by atoms with E-state index in [2.05, 4.69) is 30.5 Å². The maximum absolute atomic E-state index is 15.4. The summed E-state index contributed by atoms with van der Waals surface area (Å²) in [4.78, 5) is 23.4. The molecule has 2 aromatic carbocycles. The van der Waals surface area contributed by atoms with E-state index in [4.69, 9.17) is 4.98 Å². The molecule has 58 heavy (non-hydrogen) atoms. The standard InChI is InChI=1S/C37H35F6N9O4S2/c1-36(2,54)15-44-35-47-34-25(57-35)13-21(19-6-5-7-20-30(19)51(3)49-33(20)50-58(4,55)56)28(46-34)24(10-16-8-17(38)11-18(39)9-16)45-26(53)14-52-31-27(29(48-52)32(40)41)22-12-23(22)37(31,42)43/h5-9,11,13,22-24,32,54H,10,12,14-15H2,1-4H3,(H,45,53)(H,49,50)(H,44,46,47)/t22-,23+,24-/m0/s1. The minimum atomic E-state index is -3.77. The second-order valence-electron chi connectivity index (χ2n) is 15.3. The quantitative estimate of drug-likeness (QED) is 0.0946. The van der Waals surface area contributed by atoms with Gasteiger partial charge < -0.3 is 15.7 Å². The normalized spacial score (nSPS) is 17.8. The maximum Gasteiger partial charge on any atom is 0.293 e. The molecule has 0 aliphatic heterocycles. The van der Waals surface area contributed by atoms with E-state index >= 15 is 8.78 Å². The SMILES string of the molecule is Cn1nc(NS(C)(=O)=O)c2cccc(-c3cc4sc(NCC(C)(C)O)nc4nc3[C@H](Cc3cc(F)cc(F)c3)NC(=O)Cn3nc(C(F)F)c4c3C(F)(F)[C@@H]3C[C@H]43)c21. The number of sulfonamides is 1. The molecule has 4 aromatic heterocycles. The summed E-state index contributed by atoms with van der Waals surface area (Å²) in [6.45, 7) is 2.42. The Morgan fingerprint density at radius 1 is 1.07 bits per heavy atom. The minimum absolute atomic E-state index is 0.0257. The summed E-state index contributed by atoms with van der Waals surface area (Å²) in [5.74, 6) is -8.19. The fourth-order valence-corrected chi connectivity index (χ4v) is 9.01. The number of para-hydroxylation sites is 1. The van der Waals surface area contributed by atoms with Gasteiger partial charge in [0.25, 0.3) is 12.3 Å². The summed E-state index contributed by atoms with van der Waals surface area (Å²) in [6, 6.07) is 8.19. The number of nitrogens with one attached hydrogen (secondary N) is 3. The Morgan fingerprint density at radius 2 is 1.79 bits per heavy atom. The zero-order valence-electron chi connectivity index (χ0n) is 31.1. The topological polar surface area (TPSA) is 169 Å². The number of alkyl halides is 4. The van der Waals surface area contributed by atoms with Crippen LogP contribution in [-0.4, -0.2) is 67.4 Å². The van der Waals surface area contributed by atoms with Crippen molar-refractivity contribution in [3.63, 3.8) is 0 Å². The van der Waals surface area contributed by atoms with Crippen LogP contribution in [0.5, 0.6) is 0 Å². The van der Waals surface area contributed by atoms with Crippen LogP contribution in [0.2, 0.25) is 0 Å². The number of hydrogen-bond acceptors (Lipinski definition) is 10. The average Bonchev–Trinajstić information content (AvgIpc) is 3.39. The molecule has 0 saturated heterocycles. The number of pyridine rings is 1. The van der Waals surface area contributed by atoms with Gasteiger partial charge in [-0.25, -0.2) is 35.9 Å². The maximum atomic E-state index is 15.4. The van der Waals surface area contributed by atoms with E-state index in [-0.39, 0.29) is 47.7 Å². The summed E-state index contributed by atoms with van der Waals surface area (Å²) in [7, 11) is -2.18. The van der Waals surface area contributed by atoms with Gasteiger partial charge in [0, 0.05) is 47.7 Å². The molecule has 0 spiro atoms. The van der Waals surface area contributed by atoms with Gasteiger partial charge in [-0.1, -0.05) is 23.5 Å². The molecule has 13 nitrogen and oxygen atoms in total. The Balaban J connectivity index is 1.28. The van der Waals surface area contributed by atoms with Crippen LogP contribution in [0.25, 0.3) is 32.4 Å². The largest absolute Gasteiger partial charge is 0.389 e. The summed E-state index contributed by atoms with van der Waals surface area (Å²) < 4.78 is 118. The minimum Gasteiger partial charge on any atom is -0.389 e. The fraction of sp³-hybridized carbons (Fsp3) is 0.378. The third-order valence-electron chi connectivity index (χ3n) is 10.0. The molecule has 0 unspecified atom stereocenters. The van der Waals surface area contributed by atoms with Crippen LogP contribution in [0.3, 0.4) is 0 Å². The first-order valence-corrected chi connectivity index (χ1v) is 20.6. The molecule has 8 rings (SSSR count). The predicted molar refractivity (Wildman–Crippen MR) is 203 cm³/mol. The van der Waals surface area contributed by atoms with Gasteiger partial charge in [-0.3, -0.25) is 18.9 Å². The molecule has 6 aromatic rings. The molecule has 0 radical (unpaired) electrons. The number of aliphatic hydroxyl groups is 1. The lowest BCUT2D eigenvalue weighted by atomic mass is 9.94. The lowest BCUT2D eigenvalue weighted by molar-refractivity contribution is -0.123. The zero-order chi connectivity index (χ0) is 41.6. The molecule has 4 N–H and O–H groups in total. The van der Waals surface area contributed by atoms with Gasteiger partial charge in [0.15, 0.2) is 16.6 Å². The van der Waals surface area contributed by atoms with E-state index in [1.54, 1.807) is 45.2 Å². The van der Waals surface area contributed by atoms with Gasteiger partial charge >= 0.3 is 0 Å². The second kappa shape index (κ2) is 13.9. The molecule has 2 aliphatic carbocycles. The Kier molecular flexibility index (Phi) is 9.50. The van der Waals surface area contributed by atoms with Crippen LogP contribution in [0.4, 0.5) is 37.3 Å². The lowest BCUT2D eigenvalue weighted by Gasteiger charge is -2.23. The lowest BCUT2D eigenvalue weighted by Crippen LogP contribution is -2.35. The number of fused-ring (bicyclic) bond motifs is 5. The number of aromatic nitrogens is 6. The van der Waals surface area contributed by atoms with E-state index in [0.717, 1.165) is 18.4 Å². The Hall–Kier alpha value is -5.28. The second-order valence-corrected chi connectivity index (χ2v) is 18.0. The number of anilines is 2. The molecule has 1 fully saturated rings. The molecular formula is C37H35F6N9O4S2. The Bertz CT molecular complexity index is 2730. The van der Waals surface area contributed by atoms with Crippen LogP contribution in [0.15, 0.2) is 42.5 Å². The Morgan fingerprint density at radius 3 is 2.47 bits per heavy atom. The summed E-state index contributed by atoms with van der Waals surface area (Å²) in [5.41, 5.74) is -1.34. The van der Waals surface area contributed by atoms with Gasteiger partial charge in [-0.15, -0.1) is 0 Å². The molecule has 4 heterocycles. The van der Waals surface area contributed by atoms with Gasteiger partial charge in [-0.05, 0) is 62.4 Å². The smallest absolute Gasteiger partial charge is 0.293 e. The van der Waals surface area contributed by atoms with Gasteiger partial charge in [0.05, 0.1) is 33.8 Å². The number of carbonyl (C=O) groups is 1. The highest BCUT2D eigenvalue weighted by atomic mass is 32.2. The van der Waals surface area contributed by atoms with Crippen LogP contribution in [0.1, 0.15) is 66.9 Å². The van der Waals surface area contributed by atoms with E-state index < -0.39 is 81.3 Å². The molecule has 306 valence electrons. The summed E-state index contributed by atoms with van der Waals surface area (Å²) in [6.07, 6.45) is -2.46. The van der Waals surface area contributed by atoms with Crippen molar-refractivity contribution < 1.29 is 44.7 Å². The number of carbonyl (C=O) groups excluding carboxylic acids is 1. The number of aryl methyl sites for hydroxylation is 1. The van der Waals surface area contributed by atoms with Gasteiger partial charge in [-0.2, -0.15) is 19.0 Å². The van der Waals surface area contributed by atoms with Crippen LogP contribution in [-0.2, 0) is 40.8 Å². The predicted octanol–water partition coefficient (Wildman–Crippen LogP) is 6.52. The van der Waals surface area contributed by atoms with Crippen LogP contribution >= 0.6 is 11.3 Å². The van der Waals surface area contributed by atoms with E-state index in [1.807, 2.05) is 0 Å². The first-order valence-electron chi connectivity index (χ1n) is 17.9. The molecule has 1 saturated carbocycles. The van der Waals surface area contributed by atoms with E-state index in [9.17, 15) is 35.9 Å². The molecule has 2 aliphatic rings. The van der Waals surface area contributed by atoms with Crippen LogP contribution in [0, 0.1) is 17.6 Å². The van der Waals surface area contributed by atoms with Crippen molar-refractivity contribution in [1.29, 1.82) is 0 Å². The molecule has 1 amide bonds. The van der Waals surface area contributed by atoms with E-state index in [0.29, 0.717) is 42.6 Å². The number of thiazole rings is 1. The van der Waals surface area contributed by atoms with Crippen molar-refractivity contribution in [2.24, 2.45) is 13.0 Å². The first-order chi connectivity index (χ1) is 27.2. The van der Waals surface area contributed by atoms with E-state index in [1.165, 1.54) is 16.0 Å². The summed E-state index contributed by atoms with van der Waals surface area (Å²) >= 11 is 1.19. The number of hydrogen-bond donors (Lipinski definition) is 4. The first kappa shape index (κ1) is 39.5. The highest BCUT2D eigenvalue weighted by Crippen LogP contribution is 2.68. The third-order valence-corrected chi connectivity index (χ3v) is 11.5. The number of rotatable bonds is 13. The average molecular weight is 848 g/mol. The van der Waals surface area contributed by atoms with Gasteiger partial charge in [0.2, 0.25) is 15.9 Å². The molecule has 21 heteroatoms. The highest BCUT2D eigenvalue weighted by molar-refractivity contribution is 7.92. The molecule has 0 bridgehead atoms. The van der Waals surface area contributed by atoms with Crippen LogP contribution < -0.4 is 15.4 Å².